The van der Waals surface area contributed by atoms with E-state index in [9.17, 15) is 18.0 Å². The molecule has 1 saturated heterocycles. The summed E-state index contributed by atoms with van der Waals surface area (Å²) in [6, 6.07) is 12.0. The van der Waals surface area contributed by atoms with E-state index in [0.29, 0.717) is 36.9 Å². The van der Waals surface area contributed by atoms with Crippen molar-refractivity contribution in [3.05, 3.63) is 70.7 Å². The molecule has 2 aliphatic rings. The predicted molar refractivity (Wildman–Crippen MR) is 140 cm³/mol. The van der Waals surface area contributed by atoms with Crippen molar-refractivity contribution < 1.29 is 22.7 Å². The first-order valence-corrected chi connectivity index (χ1v) is 12.6. The third kappa shape index (κ3) is 5.02. The molecule has 0 unspecified atom stereocenters. The molecule has 7 nitrogen and oxygen atoms in total. The van der Waals surface area contributed by atoms with Gasteiger partial charge in [0.15, 0.2) is 5.82 Å². The number of fused-ring (bicyclic) bond motifs is 2. The maximum Gasteiger partial charge on any atom is 0.421 e. The highest BCUT2D eigenvalue weighted by atomic mass is 35.5. The maximum absolute atomic E-state index is 13.0. The third-order valence-electron chi connectivity index (χ3n) is 7.00. The number of hydrogen-bond acceptors (Lipinski definition) is 6. The van der Waals surface area contributed by atoms with Gasteiger partial charge in [-0.1, -0.05) is 42.4 Å². The van der Waals surface area contributed by atoms with Crippen molar-refractivity contribution in [1.82, 2.24) is 14.9 Å². The van der Waals surface area contributed by atoms with Gasteiger partial charge in [-0.05, 0) is 23.9 Å². The summed E-state index contributed by atoms with van der Waals surface area (Å²) in [6.07, 6.45) is -4.06. The lowest BCUT2D eigenvalue weighted by molar-refractivity contribution is -0.139. The molecule has 1 aromatic heterocycles. The number of ether oxygens (including phenoxy) is 1. The van der Waals surface area contributed by atoms with Gasteiger partial charge in [0.05, 0.1) is 17.3 Å². The Morgan fingerprint density at radius 3 is 2.45 bits per heavy atom. The number of halogens is 4. The second-order valence-electron chi connectivity index (χ2n) is 9.36. The fourth-order valence-electron chi connectivity index (χ4n) is 5.09. The zero-order valence-corrected chi connectivity index (χ0v) is 21.6. The van der Waals surface area contributed by atoms with Gasteiger partial charge in [-0.25, -0.2) is 9.97 Å². The Kier molecular flexibility index (Phi) is 7.19. The van der Waals surface area contributed by atoms with Crippen LogP contribution in [0.25, 0.3) is 10.8 Å². The molecule has 5 rings (SSSR count). The Bertz CT molecular complexity index is 1380. The molecule has 38 heavy (non-hydrogen) atoms. The summed E-state index contributed by atoms with van der Waals surface area (Å²) in [6.45, 7) is 5.45. The number of nitrogens with zero attached hydrogens (tertiary/aromatic N) is 5. The van der Waals surface area contributed by atoms with Crippen LogP contribution in [0.1, 0.15) is 17.1 Å². The van der Waals surface area contributed by atoms with Crippen molar-refractivity contribution in [2.45, 2.75) is 25.7 Å². The normalized spacial score (nSPS) is 16.1. The Labute approximate surface area is 223 Å². The van der Waals surface area contributed by atoms with E-state index < -0.39 is 17.7 Å². The molecule has 2 aliphatic heterocycles. The number of amides is 1. The zero-order valence-electron chi connectivity index (χ0n) is 20.9. The second kappa shape index (κ2) is 10.4. The van der Waals surface area contributed by atoms with Crippen molar-refractivity contribution in [2.75, 3.05) is 49.6 Å². The van der Waals surface area contributed by atoms with Gasteiger partial charge in [0.25, 0.3) is 5.91 Å². The molecule has 0 spiro atoms. The quantitative estimate of drug-likeness (QED) is 0.431. The molecule has 200 valence electrons. The van der Waals surface area contributed by atoms with Crippen LogP contribution < -0.4 is 9.80 Å². The van der Waals surface area contributed by atoms with Gasteiger partial charge in [-0.2, -0.15) is 13.2 Å². The third-order valence-corrected chi connectivity index (χ3v) is 7.32. The summed E-state index contributed by atoms with van der Waals surface area (Å²) in [5.74, 6) is 0.203. The fourth-order valence-corrected chi connectivity index (χ4v) is 5.37. The molecule has 2 aromatic carbocycles. The minimum Gasteiger partial charge on any atom is -0.377 e. The first-order valence-electron chi connectivity index (χ1n) is 12.3. The van der Waals surface area contributed by atoms with Crippen LogP contribution in [0.5, 0.6) is 0 Å². The molecular weight excluding hydrogens is 519 g/mol. The van der Waals surface area contributed by atoms with Crippen LogP contribution in [0.4, 0.5) is 24.7 Å². The van der Waals surface area contributed by atoms with Crippen LogP contribution in [0.2, 0.25) is 5.02 Å². The van der Waals surface area contributed by atoms with E-state index in [2.05, 4.69) is 17.5 Å². The van der Waals surface area contributed by atoms with E-state index in [-0.39, 0.29) is 19.7 Å². The van der Waals surface area contributed by atoms with Crippen LogP contribution in [-0.2, 0) is 29.1 Å². The van der Waals surface area contributed by atoms with Crippen LogP contribution >= 0.6 is 11.6 Å². The first-order chi connectivity index (χ1) is 18.2. The number of piperazine rings is 1. The lowest BCUT2D eigenvalue weighted by Crippen LogP contribution is -2.51. The lowest BCUT2D eigenvalue weighted by atomic mass is 10.0. The standard InChI is InChI=1S/C27H27ClF3N5O2/c1-17(27(29,30)31)26(37)35-13-11-34(12-14-35)25-19-9-10-36(15-21(19)32-23(33-25)16-38-2)22-8-4-6-18-5-3-7-20(28)24(18)22/h3-8H,1,9-16H2,2H3. The molecule has 0 radical (unpaired) electrons. The topological polar surface area (TPSA) is 61.8 Å². The van der Waals surface area contributed by atoms with Gasteiger partial charge < -0.3 is 19.4 Å². The van der Waals surface area contributed by atoms with Crippen LogP contribution in [-0.4, -0.2) is 66.8 Å². The van der Waals surface area contributed by atoms with E-state index in [1.165, 1.54) is 4.90 Å². The molecular formula is C27H27ClF3N5O2. The number of aromatic nitrogens is 2. The highest BCUT2D eigenvalue weighted by molar-refractivity contribution is 6.36. The van der Waals surface area contributed by atoms with Gasteiger partial charge in [0, 0.05) is 56.5 Å². The minimum atomic E-state index is -4.74. The number of alkyl halides is 3. The van der Waals surface area contributed by atoms with Crippen molar-refractivity contribution >= 4 is 39.8 Å². The molecule has 3 heterocycles. The lowest BCUT2D eigenvalue weighted by Gasteiger charge is -2.38. The average molecular weight is 546 g/mol. The molecule has 0 atom stereocenters. The van der Waals surface area contributed by atoms with Crippen molar-refractivity contribution in [3.63, 3.8) is 0 Å². The SMILES string of the molecule is C=C(C(=O)N1CCN(c2nc(COC)nc3c2CCN(c2cccc4cccc(Cl)c24)C3)CC1)C(F)(F)F. The molecule has 3 aromatic rings. The molecule has 1 fully saturated rings. The average Bonchev–Trinajstić information content (AvgIpc) is 2.91. The number of methoxy groups -OCH3 is 1. The molecule has 0 aliphatic carbocycles. The molecule has 11 heteroatoms. The Morgan fingerprint density at radius 1 is 1.05 bits per heavy atom. The van der Waals surface area contributed by atoms with Gasteiger partial charge >= 0.3 is 6.18 Å². The van der Waals surface area contributed by atoms with Gasteiger partial charge in [0.1, 0.15) is 18.0 Å². The van der Waals surface area contributed by atoms with Crippen molar-refractivity contribution in [3.8, 4) is 0 Å². The van der Waals surface area contributed by atoms with Gasteiger partial charge in [0.2, 0.25) is 0 Å². The van der Waals surface area contributed by atoms with Gasteiger partial charge in [-0.3, -0.25) is 4.79 Å². The Hall–Kier alpha value is -3.37. The summed E-state index contributed by atoms with van der Waals surface area (Å²) in [7, 11) is 1.57. The zero-order chi connectivity index (χ0) is 27.0. The highest BCUT2D eigenvalue weighted by Crippen LogP contribution is 2.36. The van der Waals surface area contributed by atoms with E-state index in [0.717, 1.165) is 40.1 Å². The molecule has 0 saturated carbocycles. The smallest absolute Gasteiger partial charge is 0.377 e. The van der Waals surface area contributed by atoms with E-state index in [1.54, 1.807) is 7.11 Å². The minimum absolute atomic E-state index is 0.146. The number of carbonyl (C=O) groups excluding carboxylic acids is 1. The number of benzene rings is 2. The van der Waals surface area contributed by atoms with Crippen LogP contribution in [0.15, 0.2) is 48.6 Å². The summed E-state index contributed by atoms with van der Waals surface area (Å²) in [4.78, 5) is 27.3. The highest BCUT2D eigenvalue weighted by Gasteiger charge is 2.40. The van der Waals surface area contributed by atoms with Crippen LogP contribution in [0.3, 0.4) is 0 Å². The predicted octanol–water partition coefficient (Wildman–Crippen LogP) is 4.76. The van der Waals surface area contributed by atoms with Crippen molar-refractivity contribution in [2.24, 2.45) is 0 Å². The monoisotopic (exact) mass is 545 g/mol. The fraction of sp³-hybridized carbons (Fsp3) is 0.370. The summed E-state index contributed by atoms with van der Waals surface area (Å²) in [5, 5.41) is 2.74. The molecule has 0 N–H and O–H groups in total. The van der Waals surface area contributed by atoms with Crippen LogP contribution in [0, 0.1) is 0 Å². The molecule has 1 amide bonds. The maximum atomic E-state index is 13.0. The summed E-state index contributed by atoms with van der Waals surface area (Å²) < 4.78 is 44.2. The Balaban J connectivity index is 1.41. The summed E-state index contributed by atoms with van der Waals surface area (Å²) in [5.41, 5.74) is 1.57. The van der Waals surface area contributed by atoms with E-state index >= 15 is 0 Å². The van der Waals surface area contributed by atoms with E-state index in [4.69, 9.17) is 26.3 Å². The van der Waals surface area contributed by atoms with Gasteiger partial charge in [-0.15, -0.1) is 0 Å². The summed E-state index contributed by atoms with van der Waals surface area (Å²) >= 11 is 6.58. The van der Waals surface area contributed by atoms with E-state index in [1.807, 2.05) is 35.2 Å². The number of carbonyl (C=O) groups is 1. The first kappa shape index (κ1) is 26.2. The van der Waals surface area contributed by atoms with Crippen molar-refractivity contribution in [1.29, 1.82) is 0 Å². The number of rotatable bonds is 5. The molecule has 0 bridgehead atoms. The second-order valence-corrected chi connectivity index (χ2v) is 9.77. The Morgan fingerprint density at radius 2 is 1.76 bits per heavy atom. The number of hydrogen-bond donors (Lipinski definition) is 0. The largest absolute Gasteiger partial charge is 0.421 e. The number of anilines is 2.